The first kappa shape index (κ1) is 39.2. The van der Waals surface area contributed by atoms with Crippen LogP contribution in [0.5, 0.6) is 0 Å². The van der Waals surface area contributed by atoms with E-state index in [1.165, 1.54) is 16.0 Å². The Morgan fingerprint density at radius 2 is 1.48 bits per heavy atom. The minimum absolute atomic E-state index is 0.0780. The number of benzene rings is 2. The summed E-state index contributed by atoms with van der Waals surface area (Å²) in [4.78, 5) is 30.4. The molecule has 0 aliphatic rings. The zero-order valence-corrected chi connectivity index (χ0v) is 28.4. The van der Waals surface area contributed by atoms with Crippen molar-refractivity contribution in [3.63, 3.8) is 0 Å². The van der Waals surface area contributed by atoms with Gasteiger partial charge in [-0.25, -0.2) is 35.8 Å². The summed E-state index contributed by atoms with van der Waals surface area (Å²) in [5.41, 5.74) is -0.288. The van der Waals surface area contributed by atoms with Crippen molar-refractivity contribution >= 4 is 31.9 Å². The van der Waals surface area contributed by atoms with E-state index in [4.69, 9.17) is 5.14 Å². The molecule has 0 radical (unpaired) electrons. The lowest BCUT2D eigenvalue weighted by atomic mass is 9.99. The van der Waals surface area contributed by atoms with Gasteiger partial charge in [-0.2, -0.15) is 0 Å². The van der Waals surface area contributed by atoms with Gasteiger partial charge in [0.05, 0.1) is 22.8 Å². The van der Waals surface area contributed by atoms with E-state index in [9.17, 15) is 40.3 Å². The number of sulfonamides is 2. The van der Waals surface area contributed by atoms with E-state index in [0.717, 1.165) is 24.3 Å². The van der Waals surface area contributed by atoms with Crippen molar-refractivity contribution in [2.45, 2.75) is 70.9 Å². The van der Waals surface area contributed by atoms with Crippen molar-refractivity contribution in [1.82, 2.24) is 20.1 Å². The van der Waals surface area contributed by atoms with Gasteiger partial charge in [-0.15, -0.1) is 4.83 Å². The maximum absolute atomic E-state index is 14.0. The molecular formula is C30H45F2N5O7S2. The molecule has 0 aliphatic heterocycles. The first-order valence-corrected chi connectivity index (χ1v) is 18.2. The predicted molar refractivity (Wildman–Crippen MR) is 171 cm³/mol. The standard InChI is InChI=1S/C30H45F2N5O7S2/c1-6-9-36(10-7-2)30(40)23-14-22(15-26(16-23)46(33,43)44)29(39)34-27(13-21-11-24(31)17-25(32)12-21)28(38)18-37(8-3)35-45(41,42)19-20(4)5/h11-12,14-17,20,27-28,35,38H,6-10,13,18-19H2,1-5H3,(H,34,39)(H2,33,43,44). The molecule has 5 N–H and O–H groups in total. The number of likely N-dealkylation sites (N-methyl/N-ethyl adjacent to an activating group) is 1. The Kier molecular flexibility index (Phi) is 14.7. The molecule has 12 nitrogen and oxygen atoms in total. The zero-order chi connectivity index (χ0) is 34.8. The largest absolute Gasteiger partial charge is 0.390 e. The highest BCUT2D eigenvalue weighted by molar-refractivity contribution is 7.89. The number of carbonyl (C=O) groups excluding carboxylic acids is 2. The molecule has 0 saturated heterocycles. The third-order valence-electron chi connectivity index (χ3n) is 6.79. The summed E-state index contributed by atoms with van der Waals surface area (Å²) in [6.07, 6.45) is -0.517. The van der Waals surface area contributed by atoms with Crippen LogP contribution in [-0.4, -0.2) is 87.7 Å². The molecule has 0 bridgehead atoms. The molecule has 2 atom stereocenters. The second kappa shape index (κ2) is 17.2. The number of carbonyl (C=O) groups is 2. The molecule has 0 spiro atoms. The van der Waals surface area contributed by atoms with Crippen molar-refractivity contribution < 1.29 is 40.3 Å². The van der Waals surface area contributed by atoms with Crippen LogP contribution in [0.25, 0.3) is 0 Å². The molecule has 258 valence electrons. The number of amides is 2. The van der Waals surface area contributed by atoms with Crippen LogP contribution in [0.4, 0.5) is 8.78 Å². The fraction of sp³-hybridized carbons (Fsp3) is 0.533. The second-order valence-corrected chi connectivity index (χ2v) is 14.8. The maximum atomic E-state index is 14.0. The number of nitrogens with one attached hydrogen (secondary N) is 2. The van der Waals surface area contributed by atoms with Crippen molar-refractivity contribution in [3.8, 4) is 0 Å². The number of rotatable bonds is 18. The molecule has 0 saturated carbocycles. The van der Waals surface area contributed by atoms with Crippen LogP contribution >= 0.6 is 0 Å². The lowest BCUT2D eigenvalue weighted by Crippen LogP contribution is -2.53. The van der Waals surface area contributed by atoms with Gasteiger partial charge in [0.1, 0.15) is 11.6 Å². The monoisotopic (exact) mass is 689 g/mol. The first-order valence-electron chi connectivity index (χ1n) is 15.0. The molecule has 0 fully saturated rings. The van der Waals surface area contributed by atoms with Crippen molar-refractivity contribution in [2.24, 2.45) is 11.1 Å². The quantitative estimate of drug-likeness (QED) is 0.172. The summed E-state index contributed by atoms with van der Waals surface area (Å²) >= 11 is 0. The Hall–Kier alpha value is -3.02. The highest BCUT2D eigenvalue weighted by Crippen LogP contribution is 2.19. The Morgan fingerprint density at radius 3 is 1.98 bits per heavy atom. The molecule has 0 aliphatic carbocycles. The SMILES string of the molecule is CCCN(CCC)C(=O)c1cc(C(=O)NC(Cc2cc(F)cc(F)c2)C(O)CN(CC)NS(=O)(=O)CC(C)C)cc(S(N)(=O)=O)c1. The van der Waals surface area contributed by atoms with Crippen LogP contribution < -0.4 is 15.3 Å². The number of nitrogens with two attached hydrogens (primary N) is 1. The number of aliphatic hydroxyl groups is 1. The highest BCUT2D eigenvalue weighted by atomic mass is 32.2. The van der Waals surface area contributed by atoms with Gasteiger partial charge in [0.2, 0.25) is 20.0 Å². The molecular weight excluding hydrogens is 644 g/mol. The number of aliphatic hydroxyl groups excluding tert-OH is 1. The van der Waals surface area contributed by atoms with Gasteiger partial charge in [-0.05, 0) is 61.1 Å². The van der Waals surface area contributed by atoms with E-state index in [1.54, 1.807) is 20.8 Å². The minimum Gasteiger partial charge on any atom is -0.390 e. The van der Waals surface area contributed by atoms with Gasteiger partial charge in [0.25, 0.3) is 11.8 Å². The predicted octanol–water partition coefficient (Wildman–Crippen LogP) is 2.39. The molecule has 2 rings (SSSR count). The van der Waals surface area contributed by atoms with E-state index in [0.29, 0.717) is 32.0 Å². The number of hydrogen-bond acceptors (Lipinski definition) is 8. The van der Waals surface area contributed by atoms with E-state index >= 15 is 0 Å². The number of primary sulfonamides is 1. The minimum atomic E-state index is -4.37. The highest BCUT2D eigenvalue weighted by Gasteiger charge is 2.28. The molecule has 0 aromatic heterocycles. The van der Waals surface area contributed by atoms with Crippen LogP contribution in [0.15, 0.2) is 41.3 Å². The van der Waals surface area contributed by atoms with Crippen LogP contribution in [0.2, 0.25) is 0 Å². The van der Waals surface area contributed by atoms with Crippen LogP contribution in [0.3, 0.4) is 0 Å². The van der Waals surface area contributed by atoms with Crippen molar-refractivity contribution in [2.75, 3.05) is 31.9 Å². The van der Waals surface area contributed by atoms with Crippen LogP contribution in [-0.2, 0) is 26.5 Å². The van der Waals surface area contributed by atoms with Crippen molar-refractivity contribution in [1.29, 1.82) is 0 Å². The smallest absolute Gasteiger partial charge is 0.253 e. The van der Waals surface area contributed by atoms with Crippen LogP contribution in [0.1, 0.15) is 73.7 Å². The third kappa shape index (κ3) is 12.3. The second-order valence-electron chi connectivity index (χ2n) is 11.5. The summed E-state index contributed by atoms with van der Waals surface area (Å²) in [7, 11) is -8.14. The van der Waals surface area contributed by atoms with Crippen LogP contribution in [0, 0.1) is 17.6 Å². The molecule has 2 amide bonds. The number of nitrogens with zero attached hydrogens (tertiary/aromatic N) is 2. The average Bonchev–Trinajstić information content (AvgIpc) is 2.93. The van der Waals surface area contributed by atoms with Gasteiger partial charge in [0.15, 0.2) is 0 Å². The van der Waals surface area contributed by atoms with Gasteiger partial charge < -0.3 is 15.3 Å². The molecule has 46 heavy (non-hydrogen) atoms. The van der Waals surface area contributed by atoms with Gasteiger partial charge in [-0.1, -0.05) is 34.6 Å². The number of hydrogen-bond donors (Lipinski definition) is 4. The summed E-state index contributed by atoms with van der Waals surface area (Å²) in [6.45, 7) is 9.41. The third-order valence-corrected chi connectivity index (χ3v) is 9.32. The van der Waals surface area contributed by atoms with E-state index < -0.39 is 60.5 Å². The lowest BCUT2D eigenvalue weighted by Gasteiger charge is -2.30. The van der Waals surface area contributed by atoms with E-state index in [2.05, 4.69) is 10.1 Å². The molecule has 0 heterocycles. The summed E-state index contributed by atoms with van der Waals surface area (Å²) in [5.74, 6) is -3.57. The summed E-state index contributed by atoms with van der Waals surface area (Å²) in [5, 5.41) is 20.4. The van der Waals surface area contributed by atoms with E-state index in [1.807, 2.05) is 13.8 Å². The Bertz CT molecular complexity index is 1550. The Labute approximate surface area is 270 Å². The van der Waals surface area contributed by atoms with Gasteiger partial charge >= 0.3 is 0 Å². The Morgan fingerprint density at radius 1 is 0.913 bits per heavy atom. The molecule has 2 aromatic carbocycles. The summed E-state index contributed by atoms with van der Waals surface area (Å²) < 4.78 is 77.8. The van der Waals surface area contributed by atoms with E-state index in [-0.39, 0.29) is 47.9 Å². The van der Waals surface area contributed by atoms with Crippen molar-refractivity contribution in [3.05, 3.63) is 64.7 Å². The molecule has 2 aromatic rings. The zero-order valence-electron chi connectivity index (χ0n) is 26.8. The molecule has 16 heteroatoms. The first-order chi connectivity index (χ1) is 21.4. The number of halogens is 2. The summed E-state index contributed by atoms with van der Waals surface area (Å²) in [6, 6.07) is 4.71. The Balaban J connectivity index is 2.51. The normalized spacial score (nSPS) is 13.5. The topological polar surface area (TPSA) is 179 Å². The van der Waals surface area contributed by atoms with Gasteiger partial charge in [-0.3, -0.25) is 9.59 Å². The fourth-order valence-corrected chi connectivity index (χ4v) is 6.96. The van der Waals surface area contributed by atoms with Gasteiger partial charge in [0, 0.05) is 43.4 Å². The maximum Gasteiger partial charge on any atom is 0.253 e. The molecule has 2 unspecified atom stereocenters. The fourth-order valence-electron chi connectivity index (χ4n) is 4.83. The number of hydrazine groups is 1. The average molecular weight is 690 g/mol. The lowest BCUT2D eigenvalue weighted by molar-refractivity contribution is 0.0634.